The Bertz CT molecular complexity index is 1260. The lowest BCUT2D eigenvalue weighted by atomic mass is 9.82. The van der Waals surface area contributed by atoms with E-state index in [0.717, 1.165) is 12.2 Å². The van der Waals surface area contributed by atoms with Gasteiger partial charge in [0, 0.05) is 18.4 Å². The van der Waals surface area contributed by atoms with E-state index in [0.29, 0.717) is 52.1 Å². The van der Waals surface area contributed by atoms with Crippen LogP contribution in [0.25, 0.3) is 11.1 Å². The highest BCUT2D eigenvalue weighted by Crippen LogP contribution is 2.42. The van der Waals surface area contributed by atoms with Crippen LogP contribution in [-0.2, 0) is 4.74 Å². The topological polar surface area (TPSA) is 82.2 Å². The summed E-state index contributed by atoms with van der Waals surface area (Å²) < 4.78 is 24.5. The van der Waals surface area contributed by atoms with Crippen LogP contribution in [-0.4, -0.2) is 50.3 Å². The maximum atomic E-state index is 13.8. The van der Waals surface area contributed by atoms with Crippen molar-refractivity contribution in [3.63, 3.8) is 0 Å². The molecule has 1 fully saturated rings. The summed E-state index contributed by atoms with van der Waals surface area (Å²) >= 11 is 1.51. The highest BCUT2D eigenvalue weighted by Gasteiger charge is 2.33. The first kappa shape index (κ1) is 25.8. The van der Waals surface area contributed by atoms with Gasteiger partial charge in [-0.1, -0.05) is 42.9 Å². The number of pyridine rings is 1. The molecule has 2 heterocycles. The van der Waals surface area contributed by atoms with Crippen molar-refractivity contribution in [3.05, 3.63) is 59.2 Å². The van der Waals surface area contributed by atoms with Gasteiger partial charge in [-0.05, 0) is 36.5 Å². The minimum absolute atomic E-state index is 0.0753. The number of aromatic nitrogens is 1. The molecule has 8 heteroatoms. The Labute approximate surface area is 216 Å². The van der Waals surface area contributed by atoms with Crippen molar-refractivity contribution < 1.29 is 13.9 Å². The number of methoxy groups -OCH3 is 1. The lowest BCUT2D eigenvalue weighted by Gasteiger charge is -2.36. The summed E-state index contributed by atoms with van der Waals surface area (Å²) in [5, 5.41) is 20.9. The van der Waals surface area contributed by atoms with E-state index in [1.54, 1.807) is 12.0 Å². The summed E-state index contributed by atoms with van der Waals surface area (Å²) in [6.45, 7) is 5.58. The second kappa shape index (κ2) is 11.2. The fraction of sp³-hybridized carbons (Fsp3) is 0.393. The van der Waals surface area contributed by atoms with Crippen LogP contribution in [0.4, 0.5) is 10.2 Å². The predicted molar refractivity (Wildman–Crippen MR) is 140 cm³/mol. The fourth-order valence-corrected chi connectivity index (χ4v) is 5.58. The zero-order valence-corrected chi connectivity index (χ0v) is 21.6. The van der Waals surface area contributed by atoms with Crippen LogP contribution in [0.2, 0.25) is 0 Å². The maximum Gasteiger partial charge on any atom is 0.148 e. The first-order valence-corrected chi connectivity index (χ1v) is 12.8. The molecule has 1 atom stereocenters. The number of benzene rings is 1. The molecule has 1 aromatic heterocycles. The van der Waals surface area contributed by atoms with Gasteiger partial charge in [0.2, 0.25) is 0 Å². The molecule has 186 valence electrons. The third kappa shape index (κ3) is 5.56. The minimum atomic E-state index is -0.946. The van der Waals surface area contributed by atoms with Crippen LogP contribution in [0, 0.1) is 28.1 Å². The van der Waals surface area contributed by atoms with Gasteiger partial charge in [-0.25, -0.2) is 9.37 Å². The Hall–Kier alpha value is -3.33. The molecule has 2 aliphatic rings. The summed E-state index contributed by atoms with van der Waals surface area (Å²) in [6, 6.07) is 11.9. The number of hydrogen-bond donors (Lipinski definition) is 0. The summed E-state index contributed by atoms with van der Waals surface area (Å²) in [5.41, 5.74) is 3.12. The molecule has 0 bridgehead atoms. The average molecular weight is 505 g/mol. The van der Waals surface area contributed by atoms with E-state index in [4.69, 9.17) is 14.5 Å². The number of thioether (sulfide) groups is 1. The van der Waals surface area contributed by atoms with Gasteiger partial charge in [-0.2, -0.15) is 10.5 Å². The van der Waals surface area contributed by atoms with Gasteiger partial charge in [0.1, 0.15) is 47.1 Å². The molecule has 0 saturated carbocycles. The molecular formula is C28H29FN4O2S. The number of ether oxygens (including phenoxy) is 2. The Morgan fingerprint density at radius 1 is 1.17 bits per heavy atom. The Morgan fingerprint density at radius 2 is 1.89 bits per heavy atom. The summed E-state index contributed by atoms with van der Waals surface area (Å²) in [7, 11) is 1.61. The van der Waals surface area contributed by atoms with Crippen LogP contribution in [0.1, 0.15) is 31.4 Å². The first-order valence-electron chi connectivity index (χ1n) is 11.8. The van der Waals surface area contributed by atoms with Gasteiger partial charge in [0.25, 0.3) is 0 Å². The smallest absolute Gasteiger partial charge is 0.148 e. The van der Waals surface area contributed by atoms with Crippen molar-refractivity contribution in [1.29, 1.82) is 10.5 Å². The van der Waals surface area contributed by atoms with Crippen LogP contribution >= 0.6 is 11.8 Å². The van der Waals surface area contributed by atoms with Gasteiger partial charge in [-0.3, -0.25) is 0 Å². The molecule has 4 rings (SSSR count). The second-order valence-electron chi connectivity index (χ2n) is 9.45. The van der Waals surface area contributed by atoms with Crippen LogP contribution in [0.15, 0.2) is 53.1 Å². The average Bonchev–Trinajstić information content (AvgIpc) is 2.85. The minimum Gasteiger partial charge on any atom is -0.491 e. The number of anilines is 1. The van der Waals surface area contributed by atoms with Gasteiger partial charge < -0.3 is 14.4 Å². The molecule has 2 aromatic rings. The number of halogens is 1. The van der Waals surface area contributed by atoms with Crippen molar-refractivity contribution in [1.82, 2.24) is 4.98 Å². The predicted octanol–water partition coefficient (Wildman–Crippen LogP) is 5.68. The normalized spacial score (nSPS) is 19.3. The molecule has 0 N–H and O–H groups in total. The van der Waals surface area contributed by atoms with Crippen molar-refractivity contribution in [2.75, 3.05) is 44.1 Å². The standard InChI is InChI=1S/C28H29FN4O2S/c1-19-5-4-10-28(2,13-19)18-36-27-24(15-31)25(20-6-8-22(9-7-20)35-12-11-34-3)23(14-30)26(32-27)33-16-21(29)17-33/h4-10,21H,11-13,16-18H2,1-3H3. The van der Waals surface area contributed by atoms with Gasteiger partial charge in [0.15, 0.2) is 0 Å². The van der Waals surface area contributed by atoms with E-state index in [1.807, 2.05) is 24.3 Å². The number of hydrogen-bond acceptors (Lipinski definition) is 7. The molecular weight excluding hydrogens is 475 g/mol. The Morgan fingerprint density at radius 3 is 2.50 bits per heavy atom. The van der Waals surface area contributed by atoms with Gasteiger partial charge >= 0.3 is 0 Å². The molecule has 36 heavy (non-hydrogen) atoms. The summed E-state index contributed by atoms with van der Waals surface area (Å²) in [5.74, 6) is 1.82. The largest absolute Gasteiger partial charge is 0.491 e. The third-order valence-corrected chi connectivity index (χ3v) is 7.68. The number of nitriles is 2. The monoisotopic (exact) mass is 504 g/mol. The molecule has 1 saturated heterocycles. The third-order valence-electron chi connectivity index (χ3n) is 6.30. The highest BCUT2D eigenvalue weighted by molar-refractivity contribution is 7.99. The molecule has 6 nitrogen and oxygen atoms in total. The molecule has 0 amide bonds. The summed E-state index contributed by atoms with van der Waals surface area (Å²) in [6.07, 6.45) is 6.36. The lowest BCUT2D eigenvalue weighted by Crippen LogP contribution is -2.49. The second-order valence-corrected chi connectivity index (χ2v) is 10.4. The molecule has 0 spiro atoms. The van der Waals surface area contributed by atoms with E-state index in [-0.39, 0.29) is 18.5 Å². The van der Waals surface area contributed by atoms with Gasteiger partial charge in [-0.15, -0.1) is 11.8 Å². The number of allylic oxidation sites excluding steroid dienone is 4. The number of rotatable bonds is 9. The summed E-state index contributed by atoms with van der Waals surface area (Å²) in [4.78, 5) is 6.53. The quantitative estimate of drug-likeness (QED) is 0.321. The highest BCUT2D eigenvalue weighted by atomic mass is 32.2. The van der Waals surface area contributed by atoms with Crippen LogP contribution in [0.5, 0.6) is 5.75 Å². The molecule has 1 unspecified atom stereocenters. The number of alkyl halides is 1. The SMILES string of the molecule is COCCOc1ccc(-c2c(C#N)c(SCC3(C)C=CC=C(C)C3)nc(N3CC(F)C3)c2C#N)cc1. The van der Waals surface area contributed by atoms with Crippen LogP contribution in [0.3, 0.4) is 0 Å². The first-order chi connectivity index (χ1) is 17.4. The molecule has 1 aliphatic heterocycles. The van der Waals surface area contributed by atoms with E-state index in [2.05, 4.69) is 44.2 Å². The number of nitrogens with zero attached hydrogens (tertiary/aromatic N) is 4. The maximum absolute atomic E-state index is 13.8. The van der Waals surface area contributed by atoms with Gasteiger partial charge in [0.05, 0.1) is 25.3 Å². The van der Waals surface area contributed by atoms with E-state index in [1.165, 1.54) is 17.3 Å². The molecule has 0 radical (unpaired) electrons. The van der Waals surface area contributed by atoms with Crippen molar-refractivity contribution in [2.45, 2.75) is 31.5 Å². The lowest BCUT2D eigenvalue weighted by molar-refractivity contribution is 0.146. The zero-order valence-electron chi connectivity index (χ0n) is 20.8. The fourth-order valence-electron chi connectivity index (χ4n) is 4.47. The molecule has 1 aliphatic carbocycles. The Kier molecular flexibility index (Phi) is 7.98. The Balaban J connectivity index is 1.74. The molecule has 1 aromatic carbocycles. The van der Waals surface area contributed by atoms with Crippen molar-refractivity contribution in [3.8, 4) is 29.0 Å². The van der Waals surface area contributed by atoms with E-state index >= 15 is 0 Å². The van der Waals surface area contributed by atoms with Crippen molar-refractivity contribution in [2.24, 2.45) is 5.41 Å². The van der Waals surface area contributed by atoms with Crippen molar-refractivity contribution >= 4 is 17.6 Å². The van der Waals surface area contributed by atoms with E-state index < -0.39 is 6.17 Å². The van der Waals surface area contributed by atoms with Crippen LogP contribution < -0.4 is 9.64 Å². The zero-order chi connectivity index (χ0) is 25.7. The van der Waals surface area contributed by atoms with E-state index in [9.17, 15) is 14.9 Å².